The van der Waals surface area contributed by atoms with Crippen molar-refractivity contribution in [2.75, 3.05) is 49.2 Å². The van der Waals surface area contributed by atoms with Gasteiger partial charge in [-0.05, 0) is 49.5 Å². The molecule has 4 aromatic rings. The maximum atomic E-state index is 6.17. The summed E-state index contributed by atoms with van der Waals surface area (Å²) < 4.78 is 1.87. The minimum absolute atomic E-state index is 0.543. The Morgan fingerprint density at radius 2 is 1.67 bits per heavy atom. The van der Waals surface area contributed by atoms with Crippen molar-refractivity contribution < 1.29 is 0 Å². The predicted octanol–water partition coefficient (Wildman–Crippen LogP) is 3.47. The average molecular weight is 400 g/mol. The van der Waals surface area contributed by atoms with E-state index in [1.165, 1.54) is 5.69 Å². The lowest BCUT2D eigenvalue weighted by atomic mass is 10.1. The average Bonchev–Trinajstić information content (AvgIpc) is 3.18. The molecule has 5 rings (SSSR count). The molecule has 1 aliphatic heterocycles. The minimum Gasteiger partial charge on any atom is -0.398 e. The molecule has 1 fully saturated rings. The van der Waals surface area contributed by atoms with Gasteiger partial charge in [0.1, 0.15) is 0 Å². The Morgan fingerprint density at radius 1 is 0.900 bits per heavy atom. The number of anilines is 4. The fourth-order valence-electron chi connectivity index (χ4n) is 3.84. The van der Waals surface area contributed by atoms with E-state index in [9.17, 15) is 0 Å². The van der Waals surface area contributed by atoms with Gasteiger partial charge in [-0.2, -0.15) is 0 Å². The molecule has 1 saturated heterocycles. The van der Waals surface area contributed by atoms with E-state index in [0.29, 0.717) is 5.95 Å². The number of aromatic nitrogens is 3. The number of likely N-dealkylation sites (N-methyl/N-ethyl adjacent to an activating group) is 1. The van der Waals surface area contributed by atoms with Crippen molar-refractivity contribution in [2.24, 2.45) is 0 Å². The largest absolute Gasteiger partial charge is 0.398 e. The molecule has 0 atom stereocenters. The maximum Gasteiger partial charge on any atom is 0.245 e. The Kier molecular flexibility index (Phi) is 4.72. The van der Waals surface area contributed by atoms with Crippen molar-refractivity contribution in [3.63, 3.8) is 0 Å². The highest BCUT2D eigenvalue weighted by molar-refractivity contribution is 5.76. The Hall–Kier alpha value is -3.58. The molecule has 7 nitrogen and oxygen atoms in total. The van der Waals surface area contributed by atoms with Gasteiger partial charge in [-0.3, -0.25) is 0 Å². The number of nitrogens with two attached hydrogens (primary N) is 1. The van der Waals surface area contributed by atoms with Crippen molar-refractivity contribution in [1.82, 2.24) is 19.5 Å². The first-order valence-electron chi connectivity index (χ1n) is 10.2. The zero-order chi connectivity index (χ0) is 20.5. The molecule has 0 unspecified atom stereocenters. The van der Waals surface area contributed by atoms with Crippen LogP contribution in [0.3, 0.4) is 0 Å². The summed E-state index contributed by atoms with van der Waals surface area (Å²) in [6.45, 7) is 4.31. The molecule has 152 valence electrons. The third-order valence-electron chi connectivity index (χ3n) is 5.63. The van der Waals surface area contributed by atoms with Gasteiger partial charge in [0.15, 0.2) is 0 Å². The zero-order valence-electron chi connectivity index (χ0n) is 17.0. The van der Waals surface area contributed by atoms with E-state index in [1.807, 2.05) is 47.1 Å². The van der Waals surface area contributed by atoms with Crippen LogP contribution < -0.4 is 16.0 Å². The van der Waals surface area contributed by atoms with Crippen molar-refractivity contribution in [3.8, 4) is 11.3 Å². The number of piperazine rings is 1. The number of nitrogens with zero attached hydrogens (tertiary/aromatic N) is 5. The lowest BCUT2D eigenvalue weighted by molar-refractivity contribution is 0.313. The first-order chi connectivity index (χ1) is 14.7. The monoisotopic (exact) mass is 399 g/mol. The molecule has 0 spiro atoms. The van der Waals surface area contributed by atoms with E-state index in [-0.39, 0.29) is 0 Å². The number of para-hydroxylation sites is 1. The van der Waals surface area contributed by atoms with Gasteiger partial charge in [-0.1, -0.05) is 18.2 Å². The molecule has 0 bridgehead atoms. The van der Waals surface area contributed by atoms with Crippen LogP contribution in [0.5, 0.6) is 0 Å². The van der Waals surface area contributed by atoms with Crippen LogP contribution in [0.2, 0.25) is 0 Å². The zero-order valence-corrected chi connectivity index (χ0v) is 17.0. The van der Waals surface area contributed by atoms with Gasteiger partial charge in [-0.25, -0.2) is 9.50 Å². The first-order valence-corrected chi connectivity index (χ1v) is 10.2. The molecule has 0 aliphatic carbocycles. The van der Waals surface area contributed by atoms with Crippen LogP contribution in [0.15, 0.2) is 66.9 Å². The van der Waals surface area contributed by atoms with Crippen LogP contribution in [0.4, 0.5) is 23.0 Å². The van der Waals surface area contributed by atoms with Gasteiger partial charge in [0.2, 0.25) is 5.95 Å². The van der Waals surface area contributed by atoms with Crippen LogP contribution in [-0.4, -0.2) is 52.7 Å². The van der Waals surface area contributed by atoms with Crippen LogP contribution in [0.25, 0.3) is 16.8 Å². The molecule has 7 heteroatoms. The number of hydrogen-bond donors (Lipinski definition) is 2. The standard InChI is InChI=1S/C23H25N7/c1-28-12-14-29(15-13-28)18-8-6-17(7-9-18)26-23-25-16-19-10-11-22(30(19)27-23)20-4-2-3-5-21(20)24/h2-11,16H,12-15,24H2,1H3,(H,26,27). The van der Waals surface area contributed by atoms with Gasteiger partial charge < -0.3 is 20.9 Å². The number of nitrogen functional groups attached to an aromatic ring is 1. The number of rotatable bonds is 4. The van der Waals surface area contributed by atoms with Gasteiger partial charge in [0, 0.05) is 48.8 Å². The number of fused-ring (bicyclic) bond motifs is 1. The summed E-state index contributed by atoms with van der Waals surface area (Å²) in [6, 6.07) is 20.3. The fraction of sp³-hybridized carbons (Fsp3) is 0.217. The second kappa shape index (κ2) is 7.68. The number of nitrogens with one attached hydrogen (secondary N) is 1. The molecule has 3 N–H and O–H groups in total. The molecule has 1 aliphatic rings. The van der Waals surface area contributed by atoms with Gasteiger partial charge in [0.25, 0.3) is 0 Å². The second-order valence-corrected chi connectivity index (χ2v) is 7.69. The first kappa shape index (κ1) is 18.4. The second-order valence-electron chi connectivity index (χ2n) is 7.69. The quantitative estimate of drug-likeness (QED) is 0.512. The number of benzene rings is 2. The SMILES string of the molecule is CN1CCN(c2ccc(Nc3ncc4ccc(-c5ccccc5N)n4n3)cc2)CC1. The van der Waals surface area contributed by atoms with Crippen LogP contribution in [0, 0.1) is 0 Å². The van der Waals surface area contributed by atoms with Crippen LogP contribution in [-0.2, 0) is 0 Å². The third kappa shape index (κ3) is 3.55. The van der Waals surface area contributed by atoms with Crippen LogP contribution in [0.1, 0.15) is 0 Å². The molecule has 3 heterocycles. The van der Waals surface area contributed by atoms with Gasteiger partial charge in [-0.15, -0.1) is 5.10 Å². The lowest BCUT2D eigenvalue weighted by Gasteiger charge is -2.34. The number of hydrogen-bond acceptors (Lipinski definition) is 6. The Balaban J connectivity index is 1.38. The Bertz CT molecular complexity index is 1160. The van der Waals surface area contributed by atoms with Crippen molar-refractivity contribution in [2.45, 2.75) is 0 Å². The molecule has 0 saturated carbocycles. The van der Waals surface area contributed by atoms with Gasteiger partial charge >= 0.3 is 0 Å². The van der Waals surface area contributed by atoms with E-state index in [0.717, 1.165) is 54.3 Å². The fourth-order valence-corrected chi connectivity index (χ4v) is 3.84. The summed E-state index contributed by atoms with van der Waals surface area (Å²) >= 11 is 0. The van der Waals surface area contributed by atoms with Crippen molar-refractivity contribution in [1.29, 1.82) is 0 Å². The summed E-state index contributed by atoms with van der Waals surface area (Å²) in [6.07, 6.45) is 1.82. The van der Waals surface area contributed by atoms with Crippen molar-refractivity contribution in [3.05, 3.63) is 66.9 Å². The van der Waals surface area contributed by atoms with E-state index >= 15 is 0 Å². The third-order valence-corrected chi connectivity index (χ3v) is 5.63. The van der Waals surface area contributed by atoms with E-state index in [2.05, 4.69) is 51.4 Å². The normalized spacial score (nSPS) is 14.9. The Labute approximate surface area is 175 Å². The minimum atomic E-state index is 0.543. The highest BCUT2D eigenvalue weighted by atomic mass is 15.3. The summed E-state index contributed by atoms with van der Waals surface area (Å²) in [5.74, 6) is 0.543. The molecule has 2 aromatic carbocycles. The summed E-state index contributed by atoms with van der Waals surface area (Å²) in [5.41, 5.74) is 11.9. The summed E-state index contributed by atoms with van der Waals surface area (Å²) in [5, 5.41) is 8.01. The van der Waals surface area contributed by atoms with Crippen molar-refractivity contribution >= 4 is 28.5 Å². The summed E-state index contributed by atoms with van der Waals surface area (Å²) in [7, 11) is 2.17. The maximum absolute atomic E-state index is 6.17. The van der Waals surface area contributed by atoms with Crippen LogP contribution >= 0.6 is 0 Å². The summed E-state index contributed by atoms with van der Waals surface area (Å²) in [4.78, 5) is 9.24. The van der Waals surface area contributed by atoms with E-state index in [1.54, 1.807) is 0 Å². The smallest absolute Gasteiger partial charge is 0.245 e. The van der Waals surface area contributed by atoms with Gasteiger partial charge in [0.05, 0.1) is 17.4 Å². The predicted molar refractivity (Wildman–Crippen MR) is 122 cm³/mol. The highest BCUT2D eigenvalue weighted by Gasteiger charge is 2.14. The molecule has 0 radical (unpaired) electrons. The molecular formula is C23H25N7. The topological polar surface area (TPSA) is 74.7 Å². The van der Waals surface area contributed by atoms with E-state index in [4.69, 9.17) is 10.8 Å². The molecule has 30 heavy (non-hydrogen) atoms. The molecular weight excluding hydrogens is 374 g/mol. The Morgan fingerprint density at radius 3 is 2.43 bits per heavy atom. The molecule has 2 aromatic heterocycles. The lowest BCUT2D eigenvalue weighted by Crippen LogP contribution is -2.44. The molecule has 0 amide bonds. The highest BCUT2D eigenvalue weighted by Crippen LogP contribution is 2.27. The van der Waals surface area contributed by atoms with E-state index < -0.39 is 0 Å².